The maximum absolute atomic E-state index is 6.64. The highest BCUT2D eigenvalue weighted by Crippen LogP contribution is 2.26. The molecule has 2 unspecified atom stereocenters. The molecule has 0 aromatic carbocycles. The van der Waals surface area contributed by atoms with Crippen molar-refractivity contribution in [2.75, 3.05) is 40.0 Å². The fraction of sp³-hybridized carbons (Fsp3) is 0.923. The van der Waals surface area contributed by atoms with Gasteiger partial charge < -0.3 is 33.2 Å². The lowest BCUT2D eigenvalue weighted by molar-refractivity contribution is -0.167. The first-order valence-corrected chi connectivity index (χ1v) is 25.9. The minimum absolute atomic E-state index is 0.123. The van der Waals surface area contributed by atoms with Crippen molar-refractivity contribution in [2.24, 2.45) is 0 Å². The normalized spacial score (nSPS) is 13.6. The van der Waals surface area contributed by atoms with Crippen molar-refractivity contribution in [3.63, 3.8) is 0 Å². The van der Waals surface area contributed by atoms with Crippen LogP contribution in [0.25, 0.3) is 0 Å². The molecule has 0 amide bonds. The monoisotopic (exact) mass is 839 g/mol. The summed E-state index contributed by atoms with van der Waals surface area (Å²) in [6, 6.07) is 0. The summed E-state index contributed by atoms with van der Waals surface area (Å²) >= 11 is 0. The molecular formula is C52H102O7. The Bertz CT molecular complexity index is 847. The van der Waals surface area contributed by atoms with Gasteiger partial charge in [-0.2, -0.15) is 0 Å². The molecule has 0 saturated heterocycles. The quantitative estimate of drug-likeness (QED) is 0.0343. The van der Waals surface area contributed by atoms with Gasteiger partial charge in [0.15, 0.2) is 25.1 Å². The van der Waals surface area contributed by atoms with Crippen LogP contribution in [0.5, 0.6) is 0 Å². The first kappa shape index (κ1) is 57.6. The van der Waals surface area contributed by atoms with Crippen LogP contribution in [0.1, 0.15) is 261 Å². The fourth-order valence-electron chi connectivity index (χ4n) is 7.38. The van der Waals surface area contributed by atoms with Crippen molar-refractivity contribution in [2.45, 2.75) is 273 Å². The summed E-state index contributed by atoms with van der Waals surface area (Å²) in [6.07, 6.45) is 36.6. The highest BCUT2D eigenvalue weighted by Gasteiger charge is 2.24. The minimum Gasteiger partial charge on any atom is -0.494 e. The van der Waals surface area contributed by atoms with Gasteiger partial charge in [-0.25, -0.2) is 0 Å². The molecule has 0 bridgehead atoms. The molecule has 0 rings (SSSR count). The predicted molar refractivity (Wildman–Crippen MR) is 252 cm³/mol. The second-order valence-corrected chi connectivity index (χ2v) is 16.9. The summed E-state index contributed by atoms with van der Waals surface area (Å²) in [7, 11) is 0. The average molecular weight is 839 g/mol. The molecule has 0 aliphatic heterocycles. The van der Waals surface area contributed by atoms with E-state index in [0.29, 0.717) is 13.2 Å². The Kier molecular flexibility index (Phi) is 44.9. The Labute approximate surface area is 368 Å². The third-order valence-electron chi connectivity index (χ3n) is 11.0. The molecular weight excluding hydrogens is 737 g/mol. The van der Waals surface area contributed by atoms with Gasteiger partial charge in [0.2, 0.25) is 0 Å². The van der Waals surface area contributed by atoms with Crippen LogP contribution >= 0.6 is 0 Å². The van der Waals surface area contributed by atoms with E-state index in [-0.39, 0.29) is 25.8 Å². The number of ether oxygens (including phenoxy) is 7. The highest BCUT2D eigenvalue weighted by molar-refractivity contribution is 5.09. The zero-order valence-corrected chi connectivity index (χ0v) is 40.9. The molecule has 0 radical (unpaired) electrons. The van der Waals surface area contributed by atoms with Crippen LogP contribution in [-0.2, 0) is 33.2 Å². The molecule has 7 nitrogen and oxygen atoms in total. The maximum Gasteiger partial charge on any atom is 0.162 e. The van der Waals surface area contributed by atoms with Crippen molar-refractivity contribution in [3.8, 4) is 0 Å². The van der Waals surface area contributed by atoms with Crippen molar-refractivity contribution < 1.29 is 33.2 Å². The lowest BCUT2D eigenvalue weighted by atomic mass is 10.1. The summed E-state index contributed by atoms with van der Waals surface area (Å²) < 4.78 is 45.6. The van der Waals surface area contributed by atoms with Gasteiger partial charge in [-0.05, 0) is 51.4 Å². The Hall–Kier alpha value is -1.44. The van der Waals surface area contributed by atoms with Crippen LogP contribution in [0.2, 0.25) is 0 Å². The van der Waals surface area contributed by atoms with Crippen LogP contribution in [-0.4, -0.2) is 52.2 Å². The van der Waals surface area contributed by atoms with E-state index in [1.807, 2.05) is 0 Å². The van der Waals surface area contributed by atoms with E-state index in [1.165, 1.54) is 128 Å². The molecule has 352 valence electrons. The van der Waals surface area contributed by atoms with Gasteiger partial charge in [-0.15, -0.1) is 0 Å². The van der Waals surface area contributed by atoms with Crippen LogP contribution in [0.4, 0.5) is 0 Å². The molecule has 0 fully saturated rings. The number of hydrogen-bond acceptors (Lipinski definition) is 7. The van der Waals surface area contributed by atoms with Crippen LogP contribution in [0.15, 0.2) is 23.0 Å². The summed E-state index contributed by atoms with van der Waals surface area (Å²) in [5.74, 6) is 3.68. The highest BCUT2D eigenvalue weighted by atomic mass is 16.7. The van der Waals surface area contributed by atoms with E-state index >= 15 is 0 Å². The molecule has 0 spiro atoms. The van der Waals surface area contributed by atoms with E-state index in [0.717, 1.165) is 113 Å². The van der Waals surface area contributed by atoms with E-state index in [9.17, 15) is 0 Å². The first-order valence-electron chi connectivity index (χ1n) is 25.9. The number of rotatable bonds is 48. The van der Waals surface area contributed by atoms with E-state index in [1.54, 1.807) is 0 Å². The number of allylic oxidation sites excluding steroid dienone is 2. The second-order valence-electron chi connectivity index (χ2n) is 16.9. The minimum atomic E-state index is -0.222. The Balaban J connectivity index is 5.87. The third kappa shape index (κ3) is 33.8. The van der Waals surface area contributed by atoms with Gasteiger partial charge in [0.25, 0.3) is 0 Å². The van der Waals surface area contributed by atoms with Crippen molar-refractivity contribution in [1.29, 1.82) is 0 Å². The van der Waals surface area contributed by atoms with Gasteiger partial charge in [0.05, 0.1) is 26.4 Å². The van der Waals surface area contributed by atoms with E-state index in [4.69, 9.17) is 33.2 Å². The molecule has 0 saturated carbocycles. The molecule has 0 aromatic heterocycles. The van der Waals surface area contributed by atoms with Crippen LogP contribution in [0, 0.1) is 0 Å². The Morgan fingerprint density at radius 1 is 0.305 bits per heavy atom. The molecule has 0 N–H and O–H groups in total. The second kappa shape index (κ2) is 46.1. The summed E-state index contributed by atoms with van der Waals surface area (Å²) in [6.45, 7) is 21.0. The SMILES string of the molecule is CCCCCCCCOC(CCC)=C(OCCCCCCCC)C(CCC)OCOCOC(CCC)C(OCCCCCCCC)=C(CCC)OCCCCCCCC. The lowest BCUT2D eigenvalue weighted by Gasteiger charge is -2.26. The summed E-state index contributed by atoms with van der Waals surface area (Å²) in [5.41, 5.74) is 0. The molecule has 7 heteroatoms. The maximum atomic E-state index is 6.64. The zero-order valence-electron chi connectivity index (χ0n) is 40.9. The van der Waals surface area contributed by atoms with Crippen LogP contribution < -0.4 is 0 Å². The van der Waals surface area contributed by atoms with Crippen molar-refractivity contribution in [1.82, 2.24) is 0 Å². The molecule has 0 aliphatic rings. The number of hydrogen-bond donors (Lipinski definition) is 0. The standard InChI is InChI=1S/C52H102O7/c1-9-17-21-25-29-33-41-54-47(37-13-5)51(56-43-35-31-27-23-19-11-3)49(39-15-7)58-45-53-46-59-50(40-16-8)52(57-44-36-32-28-24-20-12-4)48(38-14-6)55-42-34-30-26-22-18-10-2/h49-50H,9-46H2,1-8H3. The third-order valence-corrected chi connectivity index (χ3v) is 11.0. The predicted octanol–water partition coefficient (Wildman–Crippen LogP) is 16.8. The smallest absolute Gasteiger partial charge is 0.162 e. The largest absolute Gasteiger partial charge is 0.494 e. The topological polar surface area (TPSA) is 64.6 Å². The van der Waals surface area contributed by atoms with Gasteiger partial charge >= 0.3 is 0 Å². The Morgan fingerprint density at radius 2 is 0.593 bits per heavy atom. The average Bonchev–Trinajstić information content (AvgIpc) is 3.24. The molecule has 2 atom stereocenters. The van der Waals surface area contributed by atoms with Crippen molar-refractivity contribution in [3.05, 3.63) is 23.0 Å². The van der Waals surface area contributed by atoms with E-state index in [2.05, 4.69) is 55.4 Å². The zero-order chi connectivity index (χ0) is 43.3. The summed E-state index contributed by atoms with van der Waals surface area (Å²) in [5, 5.41) is 0. The molecule has 0 aliphatic carbocycles. The molecule has 0 aromatic rings. The number of unbranched alkanes of at least 4 members (excludes halogenated alkanes) is 20. The van der Waals surface area contributed by atoms with E-state index < -0.39 is 0 Å². The van der Waals surface area contributed by atoms with Crippen molar-refractivity contribution >= 4 is 0 Å². The fourth-order valence-corrected chi connectivity index (χ4v) is 7.38. The van der Waals surface area contributed by atoms with Gasteiger partial charge in [-0.1, -0.05) is 197 Å². The first-order chi connectivity index (χ1) is 29.1. The van der Waals surface area contributed by atoms with Gasteiger partial charge in [-0.3, -0.25) is 0 Å². The summed E-state index contributed by atoms with van der Waals surface area (Å²) in [4.78, 5) is 0. The molecule has 59 heavy (non-hydrogen) atoms. The Morgan fingerprint density at radius 3 is 0.881 bits per heavy atom. The van der Waals surface area contributed by atoms with Gasteiger partial charge in [0.1, 0.15) is 23.7 Å². The molecule has 0 heterocycles. The van der Waals surface area contributed by atoms with Crippen LogP contribution in [0.3, 0.4) is 0 Å². The van der Waals surface area contributed by atoms with Gasteiger partial charge in [0, 0.05) is 12.8 Å². The lowest BCUT2D eigenvalue weighted by Crippen LogP contribution is -2.25.